The Kier molecular flexibility index (Phi) is 7.26. The van der Waals surface area contributed by atoms with E-state index in [1.807, 2.05) is 13.0 Å². The number of nitrogens with one attached hydrogen (secondary N) is 1. The smallest absolute Gasteiger partial charge is 0.243 e. The van der Waals surface area contributed by atoms with Crippen molar-refractivity contribution in [3.8, 4) is 5.88 Å². The maximum atomic E-state index is 13.4. The van der Waals surface area contributed by atoms with Gasteiger partial charge in [-0.1, -0.05) is 32.3 Å². The fourth-order valence-corrected chi connectivity index (χ4v) is 5.39. The van der Waals surface area contributed by atoms with E-state index in [-0.39, 0.29) is 0 Å². The summed E-state index contributed by atoms with van der Waals surface area (Å²) in [7, 11) is -3.57. The highest BCUT2D eigenvalue weighted by Gasteiger charge is 2.28. The Hall–Kier alpha value is -1.70. The number of hydrogen-bond acceptors (Lipinski definition) is 5. The molecule has 154 valence electrons. The number of fused-ring (bicyclic) bond motifs is 1. The Morgan fingerprint density at radius 1 is 1.18 bits per heavy atom. The lowest BCUT2D eigenvalue weighted by atomic mass is 10.1. The zero-order chi connectivity index (χ0) is 20.0. The van der Waals surface area contributed by atoms with Gasteiger partial charge in [0, 0.05) is 36.6 Å². The second-order valence-electron chi connectivity index (χ2n) is 7.34. The number of aryl methyl sites for hydroxylation is 1. The van der Waals surface area contributed by atoms with Crippen LogP contribution in [0.1, 0.15) is 44.6 Å². The molecule has 28 heavy (non-hydrogen) atoms. The molecule has 1 N–H and O–H groups in total. The zero-order valence-corrected chi connectivity index (χ0v) is 17.7. The number of benzene rings is 1. The van der Waals surface area contributed by atoms with Crippen molar-refractivity contribution in [3.63, 3.8) is 0 Å². The van der Waals surface area contributed by atoms with Crippen LogP contribution in [0.4, 0.5) is 0 Å². The van der Waals surface area contributed by atoms with Gasteiger partial charge in [-0.05, 0) is 44.0 Å². The summed E-state index contributed by atoms with van der Waals surface area (Å²) >= 11 is 0. The van der Waals surface area contributed by atoms with Crippen molar-refractivity contribution in [2.75, 3.05) is 32.8 Å². The van der Waals surface area contributed by atoms with E-state index < -0.39 is 10.0 Å². The predicted octanol–water partition coefficient (Wildman–Crippen LogP) is 3.49. The van der Waals surface area contributed by atoms with Crippen LogP contribution >= 0.6 is 0 Å². The minimum atomic E-state index is -3.57. The van der Waals surface area contributed by atoms with E-state index in [1.165, 1.54) is 12.8 Å². The molecule has 2 heterocycles. The van der Waals surface area contributed by atoms with Gasteiger partial charge in [0.2, 0.25) is 15.9 Å². The van der Waals surface area contributed by atoms with Crippen LogP contribution < -0.4 is 10.1 Å². The fraction of sp³-hybridized carbons (Fsp3) is 0.571. The van der Waals surface area contributed by atoms with Gasteiger partial charge in [-0.25, -0.2) is 13.4 Å². The summed E-state index contributed by atoms with van der Waals surface area (Å²) in [5.41, 5.74) is 0.848. The number of nitrogens with zero attached hydrogens (tertiary/aromatic N) is 2. The molecule has 6 nitrogen and oxygen atoms in total. The number of ether oxygens (including phenoxy) is 1. The molecule has 0 saturated carbocycles. The van der Waals surface area contributed by atoms with Gasteiger partial charge < -0.3 is 10.1 Å². The van der Waals surface area contributed by atoms with Crippen LogP contribution in [-0.4, -0.2) is 50.5 Å². The lowest BCUT2D eigenvalue weighted by molar-refractivity contribution is 0.297. The van der Waals surface area contributed by atoms with Gasteiger partial charge in [-0.3, -0.25) is 0 Å². The molecule has 0 spiro atoms. The third kappa shape index (κ3) is 4.64. The molecule has 1 aromatic heterocycles. The number of pyridine rings is 1. The average Bonchev–Trinajstić information content (AvgIpc) is 2.99. The molecule has 1 aliphatic rings. The van der Waals surface area contributed by atoms with Crippen LogP contribution in [0.2, 0.25) is 0 Å². The van der Waals surface area contributed by atoms with Crippen LogP contribution in [0, 0.1) is 6.92 Å². The van der Waals surface area contributed by atoms with Crippen molar-refractivity contribution in [2.24, 2.45) is 0 Å². The lowest BCUT2D eigenvalue weighted by Gasteiger charge is -2.21. The van der Waals surface area contributed by atoms with E-state index >= 15 is 0 Å². The molecule has 3 rings (SSSR count). The van der Waals surface area contributed by atoms with Crippen molar-refractivity contribution in [3.05, 3.63) is 30.0 Å². The molecule has 0 unspecified atom stereocenters. The largest absolute Gasteiger partial charge is 0.477 e. The van der Waals surface area contributed by atoms with Crippen molar-refractivity contribution >= 4 is 20.8 Å². The summed E-state index contributed by atoms with van der Waals surface area (Å²) in [5, 5.41) is 4.75. The summed E-state index contributed by atoms with van der Waals surface area (Å²) in [6.45, 7) is 7.24. The summed E-state index contributed by atoms with van der Waals surface area (Å²) in [5.74, 6) is 0.520. The third-order valence-corrected chi connectivity index (χ3v) is 7.12. The first kappa shape index (κ1) is 21.0. The second kappa shape index (κ2) is 9.67. The minimum Gasteiger partial charge on any atom is -0.477 e. The second-order valence-corrected chi connectivity index (χ2v) is 9.25. The van der Waals surface area contributed by atoms with Gasteiger partial charge in [-0.15, -0.1) is 0 Å². The van der Waals surface area contributed by atoms with E-state index in [0.717, 1.165) is 42.1 Å². The molecular formula is C21H31N3O3S. The predicted molar refractivity (Wildman–Crippen MR) is 112 cm³/mol. The van der Waals surface area contributed by atoms with Crippen LogP contribution in [0.25, 0.3) is 10.8 Å². The van der Waals surface area contributed by atoms with Crippen LogP contribution in [0.5, 0.6) is 5.88 Å². The topological polar surface area (TPSA) is 71.5 Å². The van der Waals surface area contributed by atoms with E-state index in [1.54, 1.807) is 22.6 Å². The fourth-order valence-electron chi connectivity index (χ4n) is 3.63. The number of rotatable bonds is 8. The van der Waals surface area contributed by atoms with Crippen molar-refractivity contribution < 1.29 is 13.2 Å². The molecular weight excluding hydrogens is 374 g/mol. The van der Waals surface area contributed by atoms with Gasteiger partial charge in [0.1, 0.15) is 0 Å². The highest BCUT2D eigenvalue weighted by molar-refractivity contribution is 7.89. The molecule has 7 heteroatoms. The molecule has 0 atom stereocenters. The van der Waals surface area contributed by atoms with E-state index in [2.05, 4.69) is 17.2 Å². The average molecular weight is 406 g/mol. The molecule has 0 amide bonds. The first-order chi connectivity index (χ1) is 13.6. The maximum absolute atomic E-state index is 13.4. The number of sulfonamides is 1. The number of unbranched alkanes of at least 4 members (excludes halogenated alkanes) is 3. The Labute approximate surface area is 168 Å². The Bertz CT molecular complexity index is 891. The summed E-state index contributed by atoms with van der Waals surface area (Å²) in [6.07, 6.45) is 7.01. The monoisotopic (exact) mass is 405 g/mol. The Morgan fingerprint density at radius 3 is 2.86 bits per heavy atom. The number of aromatic nitrogens is 1. The third-order valence-electron chi connectivity index (χ3n) is 5.18. The van der Waals surface area contributed by atoms with Crippen LogP contribution in [0.3, 0.4) is 0 Å². The zero-order valence-electron chi connectivity index (χ0n) is 16.9. The van der Waals surface area contributed by atoms with Crippen LogP contribution in [-0.2, 0) is 10.0 Å². The first-order valence-corrected chi connectivity index (χ1v) is 11.7. The highest BCUT2D eigenvalue weighted by Crippen LogP contribution is 2.33. The van der Waals surface area contributed by atoms with E-state index in [0.29, 0.717) is 37.0 Å². The van der Waals surface area contributed by atoms with E-state index in [4.69, 9.17) is 4.74 Å². The quantitative estimate of drug-likeness (QED) is 0.681. The van der Waals surface area contributed by atoms with Gasteiger partial charge in [0.15, 0.2) is 0 Å². The van der Waals surface area contributed by atoms with Crippen molar-refractivity contribution in [2.45, 2.75) is 50.8 Å². The van der Waals surface area contributed by atoms with Gasteiger partial charge in [0.05, 0.1) is 11.5 Å². The molecule has 1 fully saturated rings. The molecule has 1 saturated heterocycles. The number of hydrogen-bond donors (Lipinski definition) is 1. The molecule has 1 aromatic carbocycles. The highest BCUT2D eigenvalue weighted by atomic mass is 32.2. The normalized spacial score (nSPS) is 16.2. The maximum Gasteiger partial charge on any atom is 0.243 e. The summed E-state index contributed by atoms with van der Waals surface area (Å²) in [4.78, 5) is 4.78. The van der Waals surface area contributed by atoms with Gasteiger partial charge >= 0.3 is 0 Å². The van der Waals surface area contributed by atoms with Crippen molar-refractivity contribution in [1.29, 1.82) is 0 Å². The minimum absolute atomic E-state index is 0.350. The standard InChI is InChI=1S/C21H31N3O3S/c1-3-4-5-6-15-27-21-18-9-7-10-19(20(18)17(2)16-23-21)28(25,26)24-13-8-11-22-12-14-24/h7,9-10,16,22H,3-6,8,11-15H2,1-2H3. The van der Waals surface area contributed by atoms with Gasteiger partial charge in [0.25, 0.3) is 0 Å². The molecule has 0 radical (unpaired) electrons. The van der Waals surface area contributed by atoms with Gasteiger partial charge in [-0.2, -0.15) is 4.31 Å². The Balaban J connectivity index is 1.94. The van der Waals surface area contributed by atoms with Crippen LogP contribution in [0.15, 0.2) is 29.3 Å². The molecule has 2 aromatic rings. The molecule has 0 aliphatic carbocycles. The summed E-state index contributed by atoms with van der Waals surface area (Å²) in [6, 6.07) is 5.39. The lowest BCUT2D eigenvalue weighted by Crippen LogP contribution is -2.34. The Morgan fingerprint density at radius 2 is 2.04 bits per heavy atom. The first-order valence-electron chi connectivity index (χ1n) is 10.3. The molecule has 1 aliphatic heterocycles. The molecule has 0 bridgehead atoms. The van der Waals surface area contributed by atoms with Crippen molar-refractivity contribution in [1.82, 2.24) is 14.6 Å². The SMILES string of the molecule is CCCCCCOc1ncc(C)c2c(S(=O)(=O)N3CCCNCC3)cccc12. The summed E-state index contributed by atoms with van der Waals surface area (Å²) < 4.78 is 34.3. The van der Waals surface area contributed by atoms with E-state index in [9.17, 15) is 8.42 Å².